The van der Waals surface area contributed by atoms with Crippen LogP contribution in [0.5, 0.6) is 0 Å². The summed E-state index contributed by atoms with van der Waals surface area (Å²) < 4.78 is 42.8. The maximum Gasteiger partial charge on any atom is 0.401 e. The van der Waals surface area contributed by atoms with Gasteiger partial charge in [-0.15, -0.1) is 24.0 Å². The molecule has 2 heterocycles. The maximum atomic E-state index is 12.5. The molecule has 0 spiro atoms. The number of halogens is 4. The molecule has 0 bridgehead atoms. The van der Waals surface area contributed by atoms with Crippen molar-refractivity contribution in [2.75, 3.05) is 66.1 Å². The lowest BCUT2D eigenvalue weighted by molar-refractivity contribution is -0.148. The number of hydrogen-bond donors (Lipinski definition) is 2. The SMILES string of the molecule is CN=C(NCCC1CCN(CC(F)(F)F)CC1)NCC(C)(C)N1CCOCC1.I. The van der Waals surface area contributed by atoms with E-state index in [0.717, 1.165) is 64.6 Å². The number of piperidine rings is 1. The predicted octanol–water partition coefficient (Wildman–Crippen LogP) is 2.54. The van der Waals surface area contributed by atoms with Gasteiger partial charge in [0.1, 0.15) is 0 Å². The lowest BCUT2D eigenvalue weighted by Crippen LogP contribution is -2.56. The molecule has 0 aromatic heterocycles. The highest BCUT2D eigenvalue weighted by molar-refractivity contribution is 14.0. The summed E-state index contributed by atoms with van der Waals surface area (Å²) in [5.41, 5.74) is 0.00666. The molecule has 29 heavy (non-hydrogen) atoms. The predicted molar refractivity (Wildman–Crippen MR) is 121 cm³/mol. The summed E-state index contributed by atoms with van der Waals surface area (Å²) in [5.74, 6) is 1.25. The third-order valence-corrected chi connectivity index (χ3v) is 5.73. The van der Waals surface area contributed by atoms with Crippen LogP contribution in [0.2, 0.25) is 0 Å². The Kier molecular flexibility index (Phi) is 11.5. The molecular weight excluding hydrogens is 498 g/mol. The minimum Gasteiger partial charge on any atom is -0.379 e. The molecule has 10 heteroatoms. The summed E-state index contributed by atoms with van der Waals surface area (Å²) in [7, 11) is 1.76. The number of aliphatic imine (C=N–C) groups is 1. The normalized spacial score (nSPS) is 21.0. The van der Waals surface area contributed by atoms with Crippen LogP contribution in [0.25, 0.3) is 0 Å². The fraction of sp³-hybridized carbons (Fsp3) is 0.947. The summed E-state index contributed by atoms with van der Waals surface area (Å²) in [6.07, 6.45) is -1.49. The Morgan fingerprint density at radius 3 is 2.24 bits per heavy atom. The van der Waals surface area contributed by atoms with Gasteiger partial charge in [-0.2, -0.15) is 13.2 Å². The van der Waals surface area contributed by atoms with Crippen molar-refractivity contribution in [3.8, 4) is 0 Å². The van der Waals surface area contributed by atoms with Crippen molar-refractivity contribution < 1.29 is 17.9 Å². The van der Waals surface area contributed by atoms with Crippen LogP contribution in [0.15, 0.2) is 4.99 Å². The number of ether oxygens (including phenoxy) is 1. The largest absolute Gasteiger partial charge is 0.401 e. The number of hydrogen-bond acceptors (Lipinski definition) is 4. The first-order chi connectivity index (χ1) is 13.2. The minimum absolute atomic E-state index is 0. The molecule has 0 unspecified atom stereocenters. The van der Waals surface area contributed by atoms with Gasteiger partial charge in [-0.3, -0.25) is 14.8 Å². The number of guanidine groups is 1. The summed E-state index contributed by atoms with van der Waals surface area (Å²) in [5, 5.41) is 6.74. The molecule has 2 aliphatic heterocycles. The van der Waals surface area contributed by atoms with Crippen molar-refractivity contribution >= 4 is 29.9 Å². The molecule has 2 rings (SSSR count). The van der Waals surface area contributed by atoms with Crippen LogP contribution in [-0.2, 0) is 4.74 Å². The molecule has 0 aromatic carbocycles. The van der Waals surface area contributed by atoms with Crippen molar-refractivity contribution in [3.63, 3.8) is 0 Å². The third kappa shape index (κ3) is 10.0. The van der Waals surface area contributed by atoms with E-state index in [1.54, 1.807) is 7.05 Å². The maximum absolute atomic E-state index is 12.5. The Morgan fingerprint density at radius 2 is 1.69 bits per heavy atom. The molecular formula is C19H37F3IN5O. The van der Waals surface area contributed by atoms with Crippen molar-refractivity contribution in [1.29, 1.82) is 0 Å². The monoisotopic (exact) mass is 535 g/mol. The number of alkyl halides is 3. The smallest absolute Gasteiger partial charge is 0.379 e. The van der Waals surface area contributed by atoms with Crippen molar-refractivity contribution in [1.82, 2.24) is 20.4 Å². The van der Waals surface area contributed by atoms with Crippen LogP contribution in [-0.4, -0.2) is 93.5 Å². The highest BCUT2D eigenvalue weighted by Gasteiger charge is 2.32. The van der Waals surface area contributed by atoms with Crippen LogP contribution in [0.1, 0.15) is 33.1 Å². The van der Waals surface area contributed by atoms with E-state index in [1.165, 1.54) is 4.90 Å². The summed E-state index contributed by atoms with van der Waals surface area (Å²) >= 11 is 0. The molecule has 2 aliphatic rings. The molecule has 6 nitrogen and oxygen atoms in total. The van der Waals surface area contributed by atoms with Crippen LogP contribution >= 0.6 is 24.0 Å². The van der Waals surface area contributed by atoms with Gasteiger partial charge < -0.3 is 15.4 Å². The molecule has 2 N–H and O–H groups in total. The van der Waals surface area contributed by atoms with Gasteiger partial charge in [-0.1, -0.05) is 0 Å². The standard InChI is InChI=1S/C19H36F3N5O.HI/c1-18(2,27-10-12-28-13-11-27)14-25-17(23-3)24-7-4-16-5-8-26(9-6-16)15-19(20,21)22;/h16H,4-15H2,1-3H3,(H2,23,24,25);1H. The Labute approximate surface area is 190 Å². The quantitative estimate of drug-likeness (QED) is 0.298. The van der Waals surface area contributed by atoms with Gasteiger partial charge in [0.25, 0.3) is 0 Å². The topological polar surface area (TPSA) is 52.1 Å². The molecule has 0 saturated carbocycles. The average Bonchev–Trinajstić information content (AvgIpc) is 2.65. The van der Waals surface area contributed by atoms with Crippen LogP contribution < -0.4 is 10.6 Å². The van der Waals surface area contributed by atoms with Crippen LogP contribution in [0.4, 0.5) is 13.2 Å². The molecule has 0 aliphatic carbocycles. The van der Waals surface area contributed by atoms with E-state index in [1.807, 2.05) is 0 Å². The van der Waals surface area contributed by atoms with Crippen LogP contribution in [0, 0.1) is 5.92 Å². The molecule has 172 valence electrons. The zero-order chi connectivity index (χ0) is 20.6. The number of morpholine rings is 1. The Morgan fingerprint density at radius 1 is 1.07 bits per heavy atom. The van der Waals surface area contributed by atoms with E-state index in [9.17, 15) is 13.2 Å². The number of likely N-dealkylation sites (tertiary alicyclic amines) is 1. The first-order valence-corrected chi connectivity index (χ1v) is 10.3. The van der Waals surface area contributed by atoms with Gasteiger partial charge in [0.2, 0.25) is 0 Å². The fourth-order valence-electron chi connectivity index (χ4n) is 3.88. The second kappa shape index (κ2) is 12.5. The van der Waals surface area contributed by atoms with E-state index in [-0.39, 0.29) is 29.5 Å². The third-order valence-electron chi connectivity index (χ3n) is 5.73. The molecule has 0 aromatic rings. The Balaban J connectivity index is 0.00000420. The second-order valence-corrected chi connectivity index (χ2v) is 8.39. The van der Waals surface area contributed by atoms with Crippen LogP contribution in [0.3, 0.4) is 0 Å². The van der Waals surface area contributed by atoms with Gasteiger partial charge in [0, 0.05) is 38.8 Å². The Bertz CT molecular complexity index is 491. The van der Waals surface area contributed by atoms with Gasteiger partial charge in [-0.25, -0.2) is 0 Å². The van der Waals surface area contributed by atoms with E-state index >= 15 is 0 Å². The number of nitrogens with one attached hydrogen (secondary N) is 2. The first kappa shape index (κ1) is 26.7. The molecule has 0 amide bonds. The molecule has 0 radical (unpaired) electrons. The zero-order valence-electron chi connectivity index (χ0n) is 17.9. The summed E-state index contributed by atoms with van der Waals surface area (Å²) in [4.78, 5) is 8.22. The molecule has 0 atom stereocenters. The highest BCUT2D eigenvalue weighted by atomic mass is 127. The van der Waals surface area contributed by atoms with Crippen molar-refractivity contribution in [3.05, 3.63) is 0 Å². The van der Waals surface area contributed by atoms with E-state index in [2.05, 4.69) is 34.4 Å². The summed E-state index contributed by atoms with van der Waals surface area (Å²) in [6, 6.07) is 0. The average molecular weight is 535 g/mol. The van der Waals surface area contributed by atoms with Crippen molar-refractivity contribution in [2.45, 2.75) is 44.8 Å². The second-order valence-electron chi connectivity index (χ2n) is 8.39. The fourth-order valence-corrected chi connectivity index (χ4v) is 3.88. The molecule has 2 fully saturated rings. The highest BCUT2D eigenvalue weighted by Crippen LogP contribution is 2.24. The molecule has 2 saturated heterocycles. The number of rotatable bonds is 7. The lowest BCUT2D eigenvalue weighted by Gasteiger charge is -2.41. The number of nitrogens with zero attached hydrogens (tertiary/aromatic N) is 3. The van der Waals surface area contributed by atoms with Gasteiger partial charge >= 0.3 is 6.18 Å². The van der Waals surface area contributed by atoms with Crippen molar-refractivity contribution in [2.24, 2.45) is 10.9 Å². The Hall–Kier alpha value is -0.330. The first-order valence-electron chi connectivity index (χ1n) is 10.3. The summed E-state index contributed by atoms with van der Waals surface area (Å²) in [6.45, 7) is 9.70. The lowest BCUT2D eigenvalue weighted by atomic mass is 9.93. The minimum atomic E-state index is -4.10. The van der Waals surface area contributed by atoms with Gasteiger partial charge in [0.05, 0.1) is 19.8 Å². The van der Waals surface area contributed by atoms with E-state index in [0.29, 0.717) is 19.0 Å². The van der Waals surface area contributed by atoms with Gasteiger partial charge in [-0.05, 0) is 52.1 Å². The van der Waals surface area contributed by atoms with E-state index < -0.39 is 12.7 Å². The van der Waals surface area contributed by atoms with Gasteiger partial charge in [0.15, 0.2) is 5.96 Å². The zero-order valence-corrected chi connectivity index (χ0v) is 20.2. The van der Waals surface area contributed by atoms with E-state index in [4.69, 9.17) is 4.74 Å².